The maximum absolute atomic E-state index is 12.3. The number of hydrogen-bond donors (Lipinski definition) is 1. The van der Waals surface area contributed by atoms with E-state index in [0.29, 0.717) is 13.1 Å². The molecule has 1 fully saturated rings. The molecule has 7 heteroatoms. The molecule has 0 aromatic heterocycles. The molecule has 0 bridgehead atoms. The molecular formula is C16H21Cl3N2O2. The van der Waals surface area contributed by atoms with Crippen LogP contribution in [0.15, 0.2) is 30.3 Å². The van der Waals surface area contributed by atoms with E-state index in [2.05, 4.69) is 5.32 Å². The summed E-state index contributed by atoms with van der Waals surface area (Å²) in [6.07, 6.45) is -0.426. The number of nitrogens with one attached hydrogen (secondary N) is 1. The maximum Gasteiger partial charge on any atom is 0.225 e. The first-order valence-corrected chi connectivity index (χ1v) is 8.68. The van der Waals surface area contributed by atoms with Crippen molar-refractivity contribution in [1.82, 2.24) is 10.2 Å². The first kappa shape index (κ1) is 18.8. The van der Waals surface area contributed by atoms with E-state index in [1.54, 1.807) is 0 Å². The summed E-state index contributed by atoms with van der Waals surface area (Å²) >= 11 is 18.3. The normalized spacial score (nSPS) is 24.2. The van der Waals surface area contributed by atoms with Crippen LogP contribution in [-0.2, 0) is 16.0 Å². The highest BCUT2D eigenvalue weighted by Crippen LogP contribution is 2.33. The topological polar surface area (TPSA) is 41.6 Å². The Bertz CT molecular complexity index is 512. The lowest BCUT2D eigenvalue weighted by atomic mass is 10.1. The first-order valence-electron chi connectivity index (χ1n) is 7.55. The Labute approximate surface area is 152 Å². The molecule has 1 amide bonds. The molecule has 1 aliphatic rings. The quantitative estimate of drug-likeness (QED) is 0.817. The minimum atomic E-state index is -1.62. The van der Waals surface area contributed by atoms with E-state index in [0.717, 1.165) is 5.56 Å². The van der Waals surface area contributed by atoms with Gasteiger partial charge in [0.2, 0.25) is 9.70 Å². The van der Waals surface area contributed by atoms with Crippen molar-refractivity contribution in [1.29, 1.82) is 0 Å². The fraction of sp³-hybridized carbons (Fsp3) is 0.562. The summed E-state index contributed by atoms with van der Waals surface area (Å²) in [5.41, 5.74) is 0.914. The number of hydrogen-bond acceptors (Lipinski definition) is 3. The predicted octanol–water partition coefficient (Wildman–Crippen LogP) is 3.15. The van der Waals surface area contributed by atoms with Crippen molar-refractivity contribution in [2.75, 3.05) is 13.1 Å². The monoisotopic (exact) mass is 378 g/mol. The van der Waals surface area contributed by atoms with Gasteiger partial charge in [-0.2, -0.15) is 0 Å². The number of ether oxygens (including phenoxy) is 1. The van der Waals surface area contributed by atoms with Gasteiger partial charge < -0.3 is 10.1 Å². The molecule has 0 spiro atoms. The van der Waals surface area contributed by atoms with E-state index in [4.69, 9.17) is 39.5 Å². The third-order valence-electron chi connectivity index (χ3n) is 3.63. The number of alkyl halides is 3. The summed E-state index contributed by atoms with van der Waals surface area (Å²) in [6, 6.07) is 9.47. The van der Waals surface area contributed by atoms with Gasteiger partial charge in [0.15, 0.2) is 0 Å². The van der Waals surface area contributed by atoms with Crippen LogP contribution in [0.3, 0.4) is 0 Å². The Morgan fingerprint density at radius 2 is 1.83 bits per heavy atom. The molecule has 128 valence electrons. The molecule has 1 heterocycles. The SMILES string of the molecule is C[C@@H]1CN([C@@H](NC(=O)Cc2ccccc2)C(Cl)(Cl)Cl)C[C@H](C)O1. The third-order valence-corrected chi connectivity index (χ3v) is 4.25. The number of morpholine rings is 1. The second-order valence-electron chi connectivity index (χ2n) is 5.89. The van der Waals surface area contributed by atoms with E-state index in [1.165, 1.54) is 0 Å². The van der Waals surface area contributed by atoms with Gasteiger partial charge in [-0.3, -0.25) is 9.69 Å². The van der Waals surface area contributed by atoms with Gasteiger partial charge >= 0.3 is 0 Å². The molecule has 1 aliphatic heterocycles. The zero-order valence-electron chi connectivity index (χ0n) is 13.1. The molecule has 1 aromatic carbocycles. The Kier molecular flexibility index (Phi) is 6.57. The summed E-state index contributed by atoms with van der Waals surface area (Å²) in [5, 5.41) is 2.85. The van der Waals surface area contributed by atoms with Crippen LogP contribution in [0, 0.1) is 0 Å². The first-order chi connectivity index (χ1) is 10.8. The number of halogens is 3. The Balaban J connectivity index is 2.05. The Hall–Kier alpha value is -0.520. The smallest absolute Gasteiger partial charge is 0.225 e. The maximum atomic E-state index is 12.3. The van der Waals surface area contributed by atoms with Crippen molar-refractivity contribution in [2.24, 2.45) is 0 Å². The van der Waals surface area contributed by atoms with Crippen molar-refractivity contribution in [2.45, 2.75) is 42.4 Å². The van der Waals surface area contributed by atoms with Crippen LogP contribution in [0.2, 0.25) is 0 Å². The Morgan fingerprint density at radius 1 is 1.26 bits per heavy atom. The summed E-state index contributed by atoms with van der Waals surface area (Å²) in [4.78, 5) is 14.3. The number of rotatable bonds is 4. The fourth-order valence-electron chi connectivity index (χ4n) is 2.79. The van der Waals surface area contributed by atoms with Crippen molar-refractivity contribution >= 4 is 40.7 Å². The summed E-state index contributed by atoms with van der Waals surface area (Å²) < 4.78 is 4.07. The van der Waals surface area contributed by atoms with Crippen molar-refractivity contribution in [3.63, 3.8) is 0 Å². The number of carbonyl (C=O) groups is 1. The highest BCUT2D eigenvalue weighted by atomic mass is 35.6. The molecular weight excluding hydrogens is 359 g/mol. The third kappa shape index (κ3) is 5.80. The van der Waals surface area contributed by atoms with Crippen molar-refractivity contribution < 1.29 is 9.53 Å². The van der Waals surface area contributed by atoms with E-state index < -0.39 is 9.96 Å². The molecule has 0 unspecified atom stereocenters. The average molecular weight is 380 g/mol. The molecule has 4 nitrogen and oxygen atoms in total. The van der Waals surface area contributed by atoms with Crippen LogP contribution in [0.1, 0.15) is 19.4 Å². The Morgan fingerprint density at radius 3 is 2.35 bits per heavy atom. The highest BCUT2D eigenvalue weighted by molar-refractivity contribution is 6.68. The molecule has 1 N–H and O–H groups in total. The van der Waals surface area contributed by atoms with Crippen LogP contribution in [0.25, 0.3) is 0 Å². The molecule has 1 aromatic rings. The molecule has 0 aliphatic carbocycles. The van der Waals surface area contributed by atoms with E-state index in [1.807, 2.05) is 49.1 Å². The van der Waals surface area contributed by atoms with E-state index >= 15 is 0 Å². The highest BCUT2D eigenvalue weighted by Gasteiger charge is 2.41. The summed E-state index contributed by atoms with van der Waals surface area (Å²) in [6.45, 7) is 5.11. The molecule has 0 saturated carbocycles. The van der Waals surface area contributed by atoms with Gasteiger partial charge in [0, 0.05) is 13.1 Å². The van der Waals surface area contributed by atoms with Gasteiger partial charge in [0.25, 0.3) is 0 Å². The summed E-state index contributed by atoms with van der Waals surface area (Å²) in [7, 11) is 0. The molecule has 1 saturated heterocycles. The minimum Gasteiger partial charge on any atom is -0.373 e. The van der Waals surface area contributed by atoms with E-state index in [9.17, 15) is 4.79 Å². The largest absolute Gasteiger partial charge is 0.373 e. The molecule has 2 rings (SSSR count). The zero-order chi connectivity index (χ0) is 17.0. The number of nitrogens with zero attached hydrogens (tertiary/aromatic N) is 1. The van der Waals surface area contributed by atoms with Gasteiger partial charge in [-0.25, -0.2) is 0 Å². The molecule has 0 radical (unpaired) electrons. The fourth-order valence-corrected chi connectivity index (χ4v) is 3.37. The van der Waals surface area contributed by atoms with Gasteiger partial charge in [0.1, 0.15) is 6.17 Å². The minimum absolute atomic E-state index is 0.0135. The number of amides is 1. The second-order valence-corrected chi connectivity index (χ2v) is 8.25. The van der Waals surface area contributed by atoms with Crippen LogP contribution in [0.5, 0.6) is 0 Å². The lowest BCUT2D eigenvalue weighted by Crippen LogP contribution is -2.61. The van der Waals surface area contributed by atoms with Crippen LogP contribution >= 0.6 is 34.8 Å². The molecule has 23 heavy (non-hydrogen) atoms. The lowest BCUT2D eigenvalue weighted by molar-refractivity contribution is -0.125. The number of carbonyl (C=O) groups excluding carboxylic acids is 1. The predicted molar refractivity (Wildman–Crippen MR) is 93.9 cm³/mol. The summed E-state index contributed by atoms with van der Waals surface area (Å²) in [5.74, 6) is -0.181. The van der Waals surface area contributed by atoms with Gasteiger partial charge in [-0.1, -0.05) is 65.1 Å². The van der Waals surface area contributed by atoms with Gasteiger partial charge in [-0.05, 0) is 19.4 Å². The van der Waals surface area contributed by atoms with Crippen LogP contribution in [0.4, 0.5) is 0 Å². The zero-order valence-corrected chi connectivity index (χ0v) is 15.4. The van der Waals surface area contributed by atoms with Crippen LogP contribution in [-0.4, -0.2) is 46.1 Å². The van der Waals surface area contributed by atoms with Crippen molar-refractivity contribution in [3.05, 3.63) is 35.9 Å². The van der Waals surface area contributed by atoms with E-state index in [-0.39, 0.29) is 24.5 Å². The standard InChI is InChI=1S/C16H21Cl3N2O2/c1-11-9-21(10-12(2)23-11)15(16(17,18)19)20-14(22)8-13-6-4-3-5-7-13/h3-7,11-12,15H,8-10H2,1-2H3,(H,20,22)/t11-,12+,15-/m1/s1. The second kappa shape index (κ2) is 8.04. The van der Waals surface area contributed by atoms with Crippen molar-refractivity contribution in [3.8, 4) is 0 Å². The number of benzene rings is 1. The average Bonchev–Trinajstić information content (AvgIpc) is 2.43. The van der Waals surface area contributed by atoms with Gasteiger partial charge in [-0.15, -0.1) is 0 Å². The molecule has 3 atom stereocenters. The lowest BCUT2D eigenvalue weighted by Gasteiger charge is -2.42. The van der Waals surface area contributed by atoms with Crippen LogP contribution < -0.4 is 5.32 Å². The van der Waals surface area contributed by atoms with Gasteiger partial charge in [0.05, 0.1) is 18.6 Å².